The summed E-state index contributed by atoms with van der Waals surface area (Å²) in [5.41, 5.74) is 1.87. The molecule has 2 rings (SSSR count). The van der Waals surface area contributed by atoms with E-state index in [1.165, 1.54) is 4.57 Å². The molecule has 4 heteroatoms. The van der Waals surface area contributed by atoms with Crippen molar-refractivity contribution in [1.82, 2.24) is 4.57 Å². The highest BCUT2D eigenvalue weighted by molar-refractivity contribution is 5.96. The third-order valence-electron chi connectivity index (χ3n) is 3.23. The normalized spacial score (nSPS) is 10.8. The van der Waals surface area contributed by atoms with Gasteiger partial charge in [-0.25, -0.2) is 4.79 Å². The van der Waals surface area contributed by atoms with Crippen molar-refractivity contribution in [3.8, 4) is 0 Å². The van der Waals surface area contributed by atoms with E-state index >= 15 is 0 Å². The minimum atomic E-state index is -1.16. The molecule has 1 heterocycles. The van der Waals surface area contributed by atoms with Gasteiger partial charge in [0.05, 0.1) is 5.52 Å². The molecule has 0 unspecified atom stereocenters. The molecule has 0 bridgehead atoms. The quantitative estimate of drug-likeness (QED) is 0.881. The summed E-state index contributed by atoms with van der Waals surface area (Å²) in [7, 11) is 1.61. The van der Waals surface area contributed by atoms with Crippen molar-refractivity contribution in [2.45, 2.75) is 20.3 Å². The maximum absolute atomic E-state index is 12.1. The molecule has 0 spiro atoms. The van der Waals surface area contributed by atoms with Crippen molar-refractivity contribution >= 4 is 16.9 Å². The van der Waals surface area contributed by atoms with Gasteiger partial charge in [-0.15, -0.1) is 0 Å². The largest absolute Gasteiger partial charge is 0.477 e. The highest BCUT2D eigenvalue weighted by atomic mass is 16.4. The van der Waals surface area contributed by atoms with Crippen LogP contribution in [0.1, 0.15) is 28.4 Å². The molecule has 1 N–H and O–H groups in total. The first-order chi connectivity index (χ1) is 8.47. The van der Waals surface area contributed by atoms with Crippen LogP contribution in [0.5, 0.6) is 0 Å². The molecular weight excluding hydrogens is 230 g/mol. The van der Waals surface area contributed by atoms with Crippen molar-refractivity contribution in [2.24, 2.45) is 7.05 Å². The third-order valence-corrected chi connectivity index (χ3v) is 3.23. The molecule has 0 aliphatic carbocycles. The maximum Gasteiger partial charge on any atom is 0.341 e. The number of aryl methyl sites for hydroxylation is 3. The lowest BCUT2D eigenvalue weighted by atomic mass is 9.99. The lowest BCUT2D eigenvalue weighted by molar-refractivity contribution is 0.0693. The number of fused-ring (bicyclic) bond motifs is 1. The van der Waals surface area contributed by atoms with Crippen LogP contribution >= 0.6 is 0 Å². The van der Waals surface area contributed by atoms with Crippen LogP contribution in [0.4, 0.5) is 0 Å². The zero-order valence-electron chi connectivity index (χ0n) is 10.7. The van der Waals surface area contributed by atoms with Crippen LogP contribution in [-0.4, -0.2) is 15.6 Å². The molecule has 0 radical (unpaired) electrons. The molecule has 0 saturated heterocycles. The minimum Gasteiger partial charge on any atom is -0.477 e. The van der Waals surface area contributed by atoms with Gasteiger partial charge in [-0.3, -0.25) is 4.79 Å². The third kappa shape index (κ3) is 1.70. The predicted octanol–water partition coefficient (Wildman–Crippen LogP) is 2.11. The van der Waals surface area contributed by atoms with Gasteiger partial charge < -0.3 is 9.67 Å². The monoisotopic (exact) mass is 245 g/mol. The van der Waals surface area contributed by atoms with E-state index < -0.39 is 11.5 Å². The van der Waals surface area contributed by atoms with E-state index in [0.717, 1.165) is 16.5 Å². The average molecular weight is 245 g/mol. The van der Waals surface area contributed by atoms with Gasteiger partial charge in [0.1, 0.15) is 5.56 Å². The van der Waals surface area contributed by atoms with Crippen LogP contribution < -0.4 is 5.56 Å². The summed E-state index contributed by atoms with van der Waals surface area (Å²) in [6.45, 7) is 3.81. The zero-order chi connectivity index (χ0) is 13.4. The van der Waals surface area contributed by atoms with Gasteiger partial charge in [-0.2, -0.15) is 0 Å². The molecule has 0 fully saturated rings. The van der Waals surface area contributed by atoms with Crippen molar-refractivity contribution in [3.63, 3.8) is 0 Å². The summed E-state index contributed by atoms with van der Waals surface area (Å²) in [4.78, 5) is 23.3. The molecule has 0 aliphatic heterocycles. The fourth-order valence-corrected chi connectivity index (χ4v) is 2.30. The van der Waals surface area contributed by atoms with Crippen molar-refractivity contribution in [1.29, 1.82) is 0 Å². The van der Waals surface area contributed by atoms with E-state index in [9.17, 15) is 14.7 Å². The number of benzene rings is 1. The molecule has 0 aliphatic rings. The Bertz CT molecular complexity index is 698. The average Bonchev–Trinajstić information content (AvgIpc) is 2.33. The van der Waals surface area contributed by atoms with Gasteiger partial charge in [0.2, 0.25) is 0 Å². The fourth-order valence-electron chi connectivity index (χ4n) is 2.30. The van der Waals surface area contributed by atoms with E-state index in [1.807, 2.05) is 32.0 Å². The Labute approximate surface area is 104 Å². The Balaban J connectivity index is 3.06. The van der Waals surface area contributed by atoms with E-state index in [0.29, 0.717) is 12.0 Å². The van der Waals surface area contributed by atoms with E-state index in [1.54, 1.807) is 7.05 Å². The molecule has 0 saturated carbocycles. The lowest BCUT2D eigenvalue weighted by Crippen LogP contribution is -2.27. The van der Waals surface area contributed by atoms with Gasteiger partial charge >= 0.3 is 5.97 Å². The fraction of sp³-hybridized carbons (Fsp3) is 0.286. The second-order valence-corrected chi connectivity index (χ2v) is 4.40. The maximum atomic E-state index is 12.1. The Morgan fingerprint density at radius 2 is 2.06 bits per heavy atom. The van der Waals surface area contributed by atoms with Gasteiger partial charge in [-0.05, 0) is 30.5 Å². The molecule has 1 aromatic heterocycles. The topological polar surface area (TPSA) is 59.3 Å². The number of aromatic nitrogens is 1. The molecule has 2 aromatic rings. The van der Waals surface area contributed by atoms with E-state index in [2.05, 4.69) is 0 Å². The van der Waals surface area contributed by atoms with Gasteiger partial charge in [0.15, 0.2) is 0 Å². The summed E-state index contributed by atoms with van der Waals surface area (Å²) in [6, 6.07) is 5.72. The van der Waals surface area contributed by atoms with Crippen LogP contribution in [0, 0.1) is 6.92 Å². The number of carboxylic acids is 1. The predicted molar refractivity (Wildman–Crippen MR) is 70.3 cm³/mol. The lowest BCUT2D eigenvalue weighted by Gasteiger charge is -2.12. The van der Waals surface area contributed by atoms with Crippen LogP contribution in [-0.2, 0) is 13.5 Å². The minimum absolute atomic E-state index is 0.114. The first kappa shape index (κ1) is 12.4. The van der Waals surface area contributed by atoms with Crippen LogP contribution in [0.15, 0.2) is 23.0 Å². The van der Waals surface area contributed by atoms with Crippen molar-refractivity contribution in [3.05, 3.63) is 45.2 Å². The number of pyridine rings is 1. The first-order valence-electron chi connectivity index (χ1n) is 5.82. The second kappa shape index (κ2) is 4.29. The standard InChI is InChI=1S/C14H15NO3/c1-4-9-10-6-5-8(2)7-11(10)15(3)13(16)12(9)14(17)18/h5-7H,4H2,1-3H3,(H,17,18). The summed E-state index contributed by atoms with van der Waals surface area (Å²) in [6.07, 6.45) is 0.525. The number of hydrogen-bond donors (Lipinski definition) is 1. The molecule has 4 nitrogen and oxygen atoms in total. The summed E-state index contributed by atoms with van der Waals surface area (Å²) in [5, 5.41) is 10.0. The van der Waals surface area contributed by atoms with E-state index in [-0.39, 0.29) is 5.56 Å². The highest BCUT2D eigenvalue weighted by Gasteiger charge is 2.19. The number of rotatable bonds is 2. The molecule has 0 atom stereocenters. The zero-order valence-corrected chi connectivity index (χ0v) is 10.7. The smallest absolute Gasteiger partial charge is 0.341 e. The Morgan fingerprint density at radius 1 is 1.39 bits per heavy atom. The molecule has 94 valence electrons. The van der Waals surface area contributed by atoms with Crippen LogP contribution in [0.3, 0.4) is 0 Å². The van der Waals surface area contributed by atoms with Crippen molar-refractivity contribution in [2.75, 3.05) is 0 Å². The summed E-state index contributed by atoms with van der Waals surface area (Å²) < 4.78 is 1.41. The van der Waals surface area contributed by atoms with Gasteiger partial charge in [0.25, 0.3) is 5.56 Å². The Hall–Kier alpha value is -2.10. The van der Waals surface area contributed by atoms with E-state index in [4.69, 9.17) is 0 Å². The van der Waals surface area contributed by atoms with Crippen molar-refractivity contribution < 1.29 is 9.90 Å². The Kier molecular flexibility index (Phi) is 2.95. The molecule has 0 amide bonds. The number of nitrogens with zero attached hydrogens (tertiary/aromatic N) is 1. The number of aromatic carboxylic acids is 1. The number of hydrogen-bond acceptors (Lipinski definition) is 2. The molecule has 18 heavy (non-hydrogen) atoms. The molecular formula is C14H15NO3. The van der Waals surface area contributed by atoms with Gasteiger partial charge in [-0.1, -0.05) is 19.1 Å². The Morgan fingerprint density at radius 3 is 2.61 bits per heavy atom. The highest BCUT2D eigenvalue weighted by Crippen LogP contribution is 2.21. The first-order valence-corrected chi connectivity index (χ1v) is 5.82. The number of carboxylic acid groups (broad SMARTS) is 1. The van der Waals surface area contributed by atoms with Gasteiger partial charge in [0, 0.05) is 12.4 Å². The number of carbonyl (C=O) groups is 1. The SMILES string of the molecule is CCc1c(C(=O)O)c(=O)n(C)c2cc(C)ccc12. The van der Waals surface area contributed by atoms with Crippen LogP contribution in [0.25, 0.3) is 10.9 Å². The summed E-state index contributed by atoms with van der Waals surface area (Å²) in [5.74, 6) is -1.16. The van der Waals surface area contributed by atoms with Crippen LogP contribution in [0.2, 0.25) is 0 Å². The summed E-state index contributed by atoms with van der Waals surface area (Å²) >= 11 is 0. The second-order valence-electron chi connectivity index (χ2n) is 4.40. The molecule has 1 aromatic carbocycles.